The van der Waals surface area contributed by atoms with Gasteiger partial charge in [0.1, 0.15) is 18.0 Å². The van der Waals surface area contributed by atoms with Crippen molar-refractivity contribution < 1.29 is 32.2 Å². The molecule has 1 saturated heterocycles. The van der Waals surface area contributed by atoms with Gasteiger partial charge in [0, 0.05) is 5.56 Å². The summed E-state index contributed by atoms with van der Waals surface area (Å²) in [5, 5.41) is 10.0. The van der Waals surface area contributed by atoms with E-state index in [0.717, 1.165) is 6.07 Å². The smallest absolute Gasteiger partial charge is 0.410 e. The third-order valence-corrected chi connectivity index (χ3v) is 5.73. The van der Waals surface area contributed by atoms with Crippen molar-refractivity contribution in [1.82, 2.24) is 9.62 Å². The van der Waals surface area contributed by atoms with Crippen LogP contribution < -0.4 is 9.03 Å². The summed E-state index contributed by atoms with van der Waals surface area (Å²) in [6.45, 7) is 4.58. The molecule has 2 aliphatic rings. The average Bonchev–Trinajstić information content (AvgIpc) is 3.06. The number of phenolic OH excluding ortho intramolecular Hbond substituents is 1. The number of nitrogens with zero attached hydrogens (tertiary/aromatic N) is 2. The maximum absolute atomic E-state index is 15.2. The summed E-state index contributed by atoms with van der Waals surface area (Å²) in [5.74, 6) is -2.46. The second-order valence-corrected chi connectivity index (χ2v) is 8.42. The average molecular weight is 413 g/mol. The summed E-state index contributed by atoms with van der Waals surface area (Å²) in [7, 11) is -4.29. The molecule has 1 fully saturated rings. The van der Waals surface area contributed by atoms with Gasteiger partial charge in [-0.3, -0.25) is 9.69 Å². The van der Waals surface area contributed by atoms with Gasteiger partial charge in [0.05, 0.1) is 18.7 Å². The third-order valence-electron chi connectivity index (χ3n) is 4.36. The van der Waals surface area contributed by atoms with Gasteiger partial charge in [-0.2, -0.15) is 8.42 Å². The van der Waals surface area contributed by atoms with E-state index in [2.05, 4.69) is 0 Å². The Kier molecular flexibility index (Phi) is 4.96. The van der Waals surface area contributed by atoms with E-state index in [1.165, 1.54) is 11.0 Å². The summed E-state index contributed by atoms with van der Waals surface area (Å²) >= 11 is 0. The molecule has 0 unspecified atom stereocenters. The minimum absolute atomic E-state index is 0.0223. The monoisotopic (exact) mass is 413 g/mol. The maximum atomic E-state index is 15.2. The van der Waals surface area contributed by atoms with Crippen LogP contribution in [0.5, 0.6) is 5.75 Å². The Morgan fingerprint density at radius 3 is 2.61 bits per heavy atom. The van der Waals surface area contributed by atoms with Gasteiger partial charge in [-0.15, -0.1) is 0 Å². The fourth-order valence-electron chi connectivity index (χ4n) is 3.12. The molecule has 0 aliphatic carbocycles. The predicted octanol–water partition coefficient (Wildman–Crippen LogP) is 1.34. The first-order valence-corrected chi connectivity index (χ1v) is 9.98. The van der Waals surface area contributed by atoms with Crippen molar-refractivity contribution in [3.05, 3.63) is 29.6 Å². The Morgan fingerprint density at radius 2 is 2.04 bits per heavy atom. The molecule has 2 N–H and O–H groups in total. The van der Waals surface area contributed by atoms with Gasteiger partial charge in [0.2, 0.25) is 0 Å². The molecule has 3 rings (SSSR count). The zero-order valence-corrected chi connectivity index (χ0v) is 16.3. The van der Waals surface area contributed by atoms with Crippen molar-refractivity contribution in [2.45, 2.75) is 32.9 Å². The number of hydrogen-bond donors (Lipinski definition) is 2. The molecule has 1 atom stereocenters. The number of benzene rings is 1. The largest absolute Gasteiger partial charge is 0.506 e. The fourth-order valence-corrected chi connectivity index (χ4v) is 4.29. The number of carbonyl (C=O) groups is 2. The molecule has 0 radical (unpaired) electrons. The van der Waals surface area contributed by atoms with E-state index in [9.17, 15) is 23.1 Å². The minimum atomic E-state index is -4.29. The van der Waals surface area contributed by atoms with Crippen molar-refractivity contribution in [1.29, 1.82) is 0 Å². The van der Waals surface area contributed by atoms with Gasteiger partial charge in [0.25, 0.3) is 5.91 Å². The Bertz CT molecular complexity index is 975. The molecule has 0 aromatic heterocycles. The number of carbonyl (C=O) groups excluding carboxylic acids is 2. The summed E-state index contributed by atoms with van der Waals surface area (Å²) in [6, 6.07) is 2.07. The topological polar surface area (TPSA) is 116 Å². The lowest BCUT2D eigenvalue weighted by Gasteiger charge is -2.23. The van der Waals surface area contributed by atoms with E-state index < -0.39 is 46.0 Å². The first kappa shape index (κ1) is 19.9. The van der Waals surface area contributed by atoms with Crippen LogP contribution in [0.1, 0.15) is 26.3 Å². The Morgan fingerprint density at radius 1 is 1.36 bits per heavy atom. The van der Waals surface area contributed by atoms with Gasteiger partial charge in [-0.05, 0) is 38.5 Å². The Labute approximate surface area is 161 Å². The molecule has 1 aromatic carbocycles. The van der Waals surface area contributed by atoms with Crippen LogP contribution >= 0.6 is 0 Å². The van der Waals surface area contributed by atoms with Crippen molar-refractivity contribution in [2.75, 3.05) is 17.4 Å². The van der Waals surface area contributed by atoms with E-state index >= 15 is 4.39 Å². The van der Waals surface area contributed by atoms with E-state index in [-0.39, 0.29) is 24.3 Å². The van der Waals surface area contributed by atoms with E-state index in [1.807, 2.05) is 0 Å². The van der Waals surface area contributed by atoms with Gasteiger partial charge < -0.3 is 9.84 Å². The summed E-state index contributed by atoms with van der Waals surface area (Å²) in [5.41, 5.74) is -0.163. The first-order valence-electron chi connectivity index (χ1n) is 8.54. The number of halogens is 1. The molecular weight excluding hydrogens is 393 g/mol. The van der Waals surface area contributed by atoms with Crippen LogP contribution in [0.15, 0.2) is 18.2 Å². The highest BCUT2D eigenvalue weighted by molar-refractivity contribution is 7.92. The number of hydrogen-bond acceptors (Lipinski definition) is 6. The van der Waals surface area contributed by atoms with E-state index in [4.69, 9.17) is 4.74 Å². The van der Waals surface area contributed by atoms with Crippen LogP contribution in [0.3, 0.4) is 0 Å². The number of anilines is 1. The van der Waals surface area contributed by atoms with E-state index in [0.29, 0.717) is 9.88 Å². The maximum Gasteiger partial charge on any atom is 0.410 e. The first-order chi connectivity index (χ1) is 13.0. The van der Waals surface area contributed by atoms with E-state index in [1.54, 1.807) is 31.6 Å². The van der Waals surface area contributed by atoms with Crippen LogP contribution in [0.25, 0.3) is 5.57 Å². The van der Waals surface area contributed by atoms with Gasteiger partial charge >= 0.3 is 16.3 Å². The third kappa shape index (κ3) is 3.49. The molecule has 2 aliphatic heterocycles. The second-order valence-electron chi connectivity index (χ2n) is 6.82. The van der Waals surface area contributed by atoms with Gasteiger partial charge in [-0.1, -0.05) is 6.08 Å². The van der Waals surface area contributed by atoms with Crippen molar-refractivity contribution in [2.24, 2.45) is 0 Å². The number of ether oxygens (including phenoxy) is 1. The molecule has 2 amide bonds. The van der Waals surface area contributed by atoms with Crippen LogP contribution in [0, 0.1) is 5.82 Å². The Hall–Kier alpha value is -2.82. The molecule has 11 heteroatoms. The number of aromatic hydroxyl groups is 1. The minimum Gasteiger partial charge on any atom is -0.506 e. The highest BCUT2D eigenvalue weighted by Crippen LogP contribution is 2.38. The molecular formula is C17H20FN3O6S. The van der Waals surface area contributed by atoms with Crippen LogP contribution in [-0.2, 0) is 19.7 Å². The zero-order chi connectivity index (χ0) is 20.8. The highest BCUT2D eigenvalue weighted by atomic mass is 32.2. The molecule has 152 valence electrons. The Balaban J connectivity index is 1.96. The fraction of sp³-hybridized carbons (Fsp3) is 0.412. The summed E-state index contributed by atoms with van der Waals surface area (Å²) in [4.78, 5) is 25.0. The quantitative estimate of drug-likeness (QED) is 0.773. The summed E-state index contributed by atoms with van der Waals surface area (Å²) in [6.07, 6.45) is 0.791. The van der Waals surface area contributed by atoms with Crippen molar-refractivity contribution in [3.8, 4) is 5.75 Å². The molecule has 0 spiro atoms. The molecule has 0 bridgehead atoms. The van der Waals surface area contributed by atoms with Gasteiger partial charge in [0.15, 0.2) is 5.82 Å². The number of amides is 2. The molecule has 2 heterocycles. The summed E-state index contributed by atoms with van der Waals surface area (Å²) < 4.78 is 46.6. The lowest BCUT2D eigenvalue weighted by atomic mass is 10.0. The SMILES string of the molecule is CC(C)OC(=O)N1CC(c2ccc(O)c(N3CC(=O)NS3(=O)=O)c2F)=C[C@H]1C. The predicted molar refractivity (Wildman–Crippen MR) is 98.2 cm³/mol. The lowest BCUT2D eigenvalue weighted by Crippen LogP contribution is -2.36. The number of phenols is 1. The second kappa shape index (κ2) is 6.97. The normalized spacial score (nSPS) is 21.1. The molecule has 28 heavy (non-hydrogen) atoms. The molecule has 0 saturated carbocycles. The number of rotatable bonds is 3. The van der Waals surface area contributed by atoms with Crippen molar-refractivity contribution >= 4 is 33.5 Å². The van der Waals surface area contributed by atoms with Crippen LogP contribution in [0.4, 0.5) is 14.9 Å². The molecule has 9 nitrogen and oxygen atoms in total. The van der Waals surface area contributed by atoms with Gasteiger partial charge in [-0.25, -0.2) is 18.2 Å². The zero-order valence-electron chi connectivity index (χ0n) is 15.5. The standard InChI is InChI=1S/C17H20FN3O6S/c1-9(2)27-17(24)20-7-11(6-10(20)3)12-4-5-13(22)16(15(12)18)21-8-14(23)19-28(21,25)26/h4-6,9-10,22H,7-8H2,1-3H3,(H,19,23)/t10-/m1/s1. The van der Waals surface area contributed by atoms with Crippen LogP contribution in [-0.4, -0.2) is 55.7 Å². The number of nitrogens with one attached hydrogen (secondary N) is 1. The highest BCUT2D eigenvalue weighted by Gasteiger charge is 2.38. The van der Waals surface area contributed by atoms with Crippen LogP contribution in [0.2, 0.25) is 0 Å². The molecule has 1 aromatic rings. The van der Waals surface area contributed by atoms with Crippen molar-refractivity contribution in [3.63, 3.8) is 0 Å². The lowest BCUT2D eigenvalue weighted by molar-refractivity contribution is -0.117.